The largest absolute Gasteiger partial charge is 0.280 e. The number of rotatable bonds is 6. The monoisotopic (exact) mass is 536 g/mol. The Bertz CT molecular complexity index is 1560. The van der Waals surface area contributed by atoms with Crippen LogP contribution in [0.15, 0.2) is 76.7 Å². The highest BCUT2D eigenvalue weighted by molar-refractivity contribution is 7.89. The molecule has 10 heteroatoms. The smallest absolute Gasteiger partial charge is 0.267 e. The van der Waals surface area contributed by atoms with Crippen molar-refractivity contribution >= 4 is 48.8 Å². The van der Waals surface area contributed by atoms with Crippen LogP contribution in [-0.2, 0) is 10.0 Å². The van der Waals surface area contributed by atoms with Gasteiger partial charge in [-0.05, 0) is 67.8 Å². The SMILES string of the molecule is Cc1ccc(/C=N/N(C(=O)c2ccc(S(=O)(=O)N3CCCCC3)cc2)c2nc3ccc(F)cc3s2)cc1. The van der Waals surface area contributed by atoms with Gasteiger partial charge in [-0.3, -0.25) is 4.79 Å². The third-order valence-corrected chi connectivity index (χ3v) is 9.07. The van der Waals surface area contributed by atoms with Crippen LogP contribution in [0.25, 0.3) is 10.2 Å². The minimum absolute atomic E-state index is 0.149. The number of fused-ring (bicyclic) bond motifs is 1. The van der Waals surface area contributed by atoms with Crippen molar-refractivity contribution in [3.05, 3.63) is 89.2 Å². The molecular weight excluding hydrogens is 511 g/mol. The number of hydrazone groups is 1. The third kappa shape index (κ3) is 5.46. The predicted molar refractivity (Wildman–Crippen MR) is 144 cm³/mol. The lowest BCUT2D eigenvalue weighted by Crippen LogP contribution is -2.35. The highest BCUT2D eigenvalue weighted by Crippen LogP contribution is 2.31. The number of anilines is 1. The van der Waals surface area contributed by atoms with E-state index in [0.717, 1.165) is 46.7 Å². The lowest BCUT2D eigenvalue weighted by molar-refractivity contribution is 0.0987. The number of thiazole rings is 1. The number of aryl methyl sites for hydroxylation is 1. The van der Waals surface area contributed by atoms with Gasteiger partial charge in [0.15, 0.2) is 0 Å². The second-order valence-electron chi connectivity index (χ2n) is 8.87. The highest BCUT2D eigenvalue weighted by atomic mass is 32.2. The van der Waals surface area contributed by atoms with Gasteiger partial charge < -0.3 is 0 Å². The number of benzene rings is 3. The first-order valence-electron chi connectivity index (χ1n) is 11.9. The second kappa shape index (κ2) is 10.5. The van der Waals surface area contributed by atoms with Crippen molar-refractivity contribution in [3.63, 3.8) is 0 Å². The maximum atomic E-state index is 13.8. The van der Waals surface area contributed by atoms with Crippen LogP contribution in [0.1, 0.15) is 40.7 Å². The molecule has 1 saturated heterocycles. The molecule has 5 rings (SSSR count). The normalized spacial score (nSPS) is 14.9. The van der Waals surface area contributed by atoms with E-state index in [1.54, 1.807) is 12.3 Å². The Balaban J connectivity index is 1.47. The lowest BCUT2D eigenvalue weighted by Gasteiger charge is -2.25. The van der Waals surface area contributed by atoms with Gasteiger partial charge in [-0.2, -0.15) is 14.4 Å². The van der Waals surface area contributed by atoms with E-state index in [-0.39, 0.29) is 15.6 Å². The summed E-state index contributed by atoms with van der Waals surface area (Å²) in [5, 5.41) is 5.86. The topological polar surface area (TPSA) is 82.9 Å². The van der Waals surface area contributed by atoms with Gasteiger partial charge in [0, 0.05) is 18.7 Å². The van der Waals surface area contributed by atoms with E-state index < -0.39 is 21.7 Å². The fourth-order valence-corrected chi connectivity index (χ4v) is 6.55. The maximum Gasteiger partial charge on any atom is 0.280 e. The zero-order chi connectivity index (χ0) is 26.0. The number of aromatic nitrogens is 1. The van der Waals surface area contributed by atoms with Crippen LogP contribution in [-0.4, -0.2) is 42.9 Å². The molecule has 7 nitrogen and oxygen atoms in total. The van der Waals surface area contributed by atoms with E-state index in [0.29, 0.717) is 23.3 Å². The van der Waals surface area contributed by atoms with Crippen LogP contribution in [0.3, 0.4) is 0 Å². The fourth-order valence-electron chi connectivity index (χ4n) is 4.09. The number of halogens is 1. The molecule has 1 fully saturated rings. The highest BCUT2D eigenvalue weighted by Gasteiger charge is 2.27. The summed E-state index contributed by atoms with van der Waals surface area (Å²) < 4.78 is 41.8. The first-order valence-corrected chi connectivity index (χ1v) is 14.2. The summed E-state index contributed by atoms with van der Waals surface area (Å²) in [6, 6.07) is 17.8. The molecular formula is C27H25FN4O3S2. The summed E-state index contributed by atoms with van der Waals surface area (Å²) in [4.78, 5) is 18.2. The molecule has 1 aliphatic rings. The molecule has 2 heterocycles. The summed E-state index contributed by atoms with van der Waals surface area (Å²) in [6.45, 7) is 2.98. The molecule has 0 N–H and O–H groups in total. The van der Waals surface area contributed by atoms with Crippen molar-refractivity contribution in [1.82, 2.24) is 9.29 Å². The molecule has 0 aliphatic carbocycles. The molecule has 0 atom stereocenters. The van der Waals surface area contributed by atoms with Gasteiger partial charge in [0.05, 0.1) is 21.3 Å². The lowest BCUT2D eigenvalue weighted by atomic mass is 10.2. The van der Waals surface area contributed by atoms with Crippen molar-refractivity contribution in [3.8, 4) is 0 Å². The van der Waals surface area contributed by atoms with Crippen LogP contribution in [0.5, 0.6) is 0 Å². The van der Waals surface area contributed by atoms with E-state index >= 15 is 0 Å². The Morgan fingerprint density at radius 2 is 1.73 bits per heavy atom. The van der Waals surface area contributed by atoms with Gasteiger partial charge in [0.25, 0.3) is 5.91 Å². The third-order valence-electron chi connectivity index (χ3n) is 6.17. The molecule has 190 valence electrons. The van der Waals surface area contributed by atoms with Crippen molar-refractivity contribution in [2.45, 2.75) is 31.1 Å². The van der Waals surface area contributed by atoms with Crippen LogP contribution < -0.4 is 5.01 Å². The summed E-state index contributed by atoms with van der Waals surface area (Å²) >= 11 is 1.14. The Kier molecular flexibility index (Phi) is 7.14. The first kappa shape index (κ1) is 25.2. The van der Waals surface area contributed by atoms with Crippen molar-refractivity contribution in [1.29, 1.82) is 0 Å². The number of nitrogens with zero attached hydrogens (tertiary/aromatic N) is 4. The molecule has 37 heavy (non-hydrogen) atoms. The average Bonchev–Trinajstić information content (AvgIpc) is 3.33. The standard InChI is InChI=1S/C27H25FN4O3S2/c1-19-5-7-20(8-6-19)18-29-32(27-30-24-14-11-22(28)17-25(24)36-27)26(33)21-9-12-23(13-10-21)37(34,35)31-15-3-2-4-16-31/h5-14,17-18H,2-4,15-16H2,1H3/b29-18+. The van der Waals surface area contributed by atoms with Crippen molar-refractivity contribution < 1.29 is 17.6 Å². The zero-order valence-electron chi connectivity index (χ0n) is 20.2. The van der Waals surface area contributed by atoms with Crippen molar-refractivity contribution in [2.75, 3.05) is 18.1 Å². The minimum atomic E-state index is -3.62. The number of carbonyl (C=O) groups is 1. The molecule has 4 aromatic rings. The van der Waals surface area contributed by atoms with Crippen molar-refractivity contribution in [2.24, 2.45) is 5.10 Å². The average molecular weight is 537 g/mol. The van der Waals surface area contributed by atoms with Gasteiger partial charge in [-0.25, -0.2) is 17.8 Å². The quantitative estimate of drug-likeness (QED) is 0.237. The summed E-state index contributed by atoms with van der Waals surface area (Å²) in [6.07, 6.45) is 4.27. The Hall–Kier alpha value is -3.47. The van der Waals surface area contributed by atoms with E-state index in [2.05, 4.69) is 10.1 Å². The Morgan fingerprint density at radius 3 is 2.43 bits per heavy atom. The Labute approximate surface area is 218 Å². The fraction of sp³-hybridized carbons (Fsp3) is 0.222. The number of sulfonamides is 1. The number of carbonyl (C=O) groups excluding carboxylic acids is 1. The van der Waals surface area contributed by atoms with Crippen LogP contribution in [0.4, 0.5) is 9.52 Å². The van der Waals surface area contributed by atoms with E-state index in [1.807, 2.05) is 31.2 Å². The second-order valence-corrected chi connectivity index (χ2v) is 11.8. The van der Waals surface area contributed by atoms with Gasteiger partial charge in [-0.15, -0.1) is 0 Å². The number of hydrogen-bond donors (Lipinski definition) is 0. The van der Waals surface area contributed by atoms with E-state index in [1.165, 1.54) is 40.7 Å². The molecule has 1 amide bonds. The number of amides is 1. The van der Waals surface area contributed by atoms with E-state index in [4.69, 9.17) is 0 Å². The number of piperidine rings is 1. The van der Waals surface area contributed by atoms with Crippen LogP contribution in [0.2, 0.25) is 0 Å². The minimum Gasteiger partial charge on any atom is -0.267 e. The first-order chi connectivity index (χ1) is 17.8. The van der Waals surface area contributed by atoms with Gasteiger partial charge in [-0.1, -0.05) is 47.6 Å². The molecule has 0 saturated carbocycles. The molecule has 0 spiro atoms. The van der Waals surface area contributed by atoms with Gasteiger partial charge in [0.2, 0.25) is 15.2 Å². The Morgan fingerprint density at radius 1 is 1.03 bits per heavy atom. The summed E-state index contributed by atoms with van der Waals surface area (Å²) in [7, 11) is -3.62. The summed E-state index contributed by atoms with van der Waals surface area (Å²) in [5.74, 6) is -0.876. The maximum absolute atomic E-state index is 13.8. The number of hydrogen-bond acceptors (Lipinski definition) is 6. The molecule has 1 aromatic heterocycles. The van der Waals surface area contributed by atoms with Gasteiger partial charge in [0.1, 0.15) is 5.82 Å². The zero-order valence-corrected chi connectivity index (χ0v) is 21.8. The molecule has 0 bridgehead atoms. The predicted octanol–water partition coefficient (Wildman–Crippen LogP) is 5.60. The van der Waals surface area contributed by atoms with Gasteiger partial charge >= 0.3 is 0 Å². The molecule has 0 unspecified atom stereocenters. The molecule has 0 radical (unpaired) electrons. The molecule has 3 aromatic carbocycles. The summed E-state index contributed by atoms with van der Waals surface area (Å²) in [5.41, 5.74) is 2.69. The van der Waals surface area contributed by atoms with Crippen LogP contribution >= 0.6 is 11.3 Å². The molecule has 1 aliphatic heterocycles. The van der Waals surface area contributed by atoms with Crippen LogP contribution in [0, 0.1) is 12.7 Å². The van der Waals surface area contributed by atoms with E-state index in [9.17, 15) is 17.6 Å².